The molecule has 2 fully saturated rings. The van der Waals surface area contributed by atoms with Crippen LogP contribution in [0.1, 0.15) is 64.4 Å². The van der Waals surface area contributed by atoms with Crippen molar-refractivity contribution in [2.24, 2.45) is 5.92 Å². The van der Waals surface area contributed by atoms with Crippen LogP contribution in [0, 0.1) is 5.92 Å². The number of carbonyl (C=O) groups excluding carboxylic acids is 2. The van der Waals surface area contributed by atoms with E-state index >= 15 is 0 Å². The maximum atomic E-state index is 12.9. The molecule has 0 bridgehead atoms. The number of aliphatic hydroxyl groups excluding tert-OH is 1. The summed E-state index contributed by atoms with van der Waals surface area (Å²) in [6.45, 7) is 5.33. The van der Waals surface area contributed by atoms with Gasteiger partial charge in [0.1, 0.15) is 29.8 Å². The first-order valence-electron chi connectivity index (χ1n) is 14.5. The van der Waals surface area contributed by atoms with Crippen molar-refractivity contribution in [3.63, 3.8) is 0 Å². The van der Waals surface area contributed by atoms with Crippen LogP contribution in [0.3, 0.4) is 0 Å². The fourth-order valence-corrected chi connectivity index (χ4v) is 5.78. The van der Waals surface area contributed by atoms with Gasteiger partial charge in [-0.3, -0.25) is 9.59 Å². The number of hydrogen-bond acceptors (Lipinski definition) is 8. The average molecular weight is 583 g/mol. The summed E-state index contributed by atoms with van der Waals surface area (Å²) in [7, 11) is 0. The molecule has 2 amide bonds. The molecule has 1 aromatic heterocycles. The van der Waals surface area contributed by atoms with Crippen LogP contribution in [-0.4, -0.2) is 69.7 Å². The number of carbonyl (C=O) groups is 2. The molecule has 3 aliphatic rings. The molecule has 2 aliphatic heterocycles. The third kappa shape index (κ3) is 7.11. The first-order chi connectivity index (χ1) is 19.7. The Morgan fingerprint density at radius 2 is 1.93 bits per heavy atom. The third-order valence-electron chi connectivity index (χ3n) is 7.97. The van der Waals surface area contributed by atoms with Gasteiger partial charge in [-0.05, 0) is 57.4 Å². The van der Waals surface area contributed by atoms with Gasteiger partial charge in [0.25, 0.3) is 0 Å². The van der Waals surface area contributed by atoms with Crippen LogP contribution >= 0.6 is 11.6 Å². The highest BCUT2D eigenvalue weighted by molar-refractivity contribution is 6.32. The lowest BCUT2D eigenvalue weighted by atomic mass is 10.0. The standard InChI is InChI=1S/C30H39ClN6O4/c1-30(2,17-38)36-28(39)20-9-12-32-26-23(15-20)27(34-18-33-26)35-21-7-8-25(24(31)16-21)41-22-10-13-37(14-11-22)29(40)19-5-3-4-6-19/h7-8,15-16,18-19,22,38H,3-6,9-14,17H2,1-2H3,(H,36,39)(H2,32,33,34,35). The Balaban J connectivity index is 1.24. The van der Waals surface area contributed by atoms with Crippen LogP contribution in [0.25, 0.3) is 6.08 Å². The number of fused-ring (bicyclic) bond motifs is 1. The number of nitrogens with one attached hydrogen (secondary N) is 3. The Bertz CT molecular complexity index is 1300. The van der Waals surface area contributed by atoms with Gasteiger partial charge in [0.15, 0.2) is 0 Å². The first kappa shape index (κ1) is 29.1. The van der Waals surface area contributed by atoms with Crippen LogP contribution in [0.2, 0.25) is 5.02 Å². The number of anilines is 3. The van der Waals surface area contributed by atoms with Gasteiger partial charge >= 0.3 is 0 Å². The molecule has 220 valence electrons. The topological polar surface area (TPSA) is 129 Å². The summed E-state index contributed by atoms with van der Waals surface area (Å²) in [5.41, 5.74) is 1.20. The Morgan fingerprint density at radius 1 is 1.17 bits per heavy atom. The summed E-state index contributed by atoms with van der Waals surface area (Å²) >= 11 is 6.63. The zero-order valence-corrected chi connectivity index (χ0v) is 24.5. The number of aromatic nitrogens is 2. The van der Waals surface area contributed by atoms with Crippen LogP contribution in [-0.2, 0) is 9.59 Å². The van der Waals surface area contributed by atoms with Crippen LogP contribution in [0.4, 0.5) is 17.3 Å². The van der Waals surface area contributed by atoms with Crippen molar-refractivity contribution in [1.29, 1.82) is 0 Å². The molecule has 1 saturated heterocycles. The van der Waals surface area contributed by atoms with Gasteiger partial charge in [-0.25, -0.2) is 9.97 Å². The molecule has 11 heteroatoms. The van der Waals surface area contributed by atoms with Crippen molar-refractivity contribution in [3.8, 4) is 5.75 Å². The highest BCUT2D eigenvalue weighted by atomic mass is 35.5. The smallest absolute Gasteiger partial charge is 0.247 e. The molecule has 0 unspecified atom stereocenters. The van der Waals surface area contributed by atoms with Crippen LogP contribution in [0.15, 0.2) is 30.1 Å². The predicted molar refractivity (Wildman–Crippen MR) is 159 cm³/mol. The number of likely N-dealkylation sites (tertiary alicyclic amines) is 1. The minimum atomic E-state index is -0.737. The number of benzene rings is 1. The zero-order valence-electron chi connectivity index (χ0n) is 23.7. The number of halogens is 1. The van der Waals surface area contributed by atoms with Gasteiger partial charge in [-0.2, -0.15) is 0 Å². The van der Waals surface area contributed by atoms with E-state index < -0.39 is 5.54 Å². The quantitative estimate of drug-likeness (QED) is 0.358. The van der Waals surface area contributed by atoms with E-state index in [1.54, 1.807) is 26.0 Å². The fraction of sp³-hybridized carbons (Fsp3) is 0.533. The van der Waals surface area contributed by atoms with E-state index in [4.69, 9.17) is 16.3 Å². The van der Waals surface area contributed by atoms with Crippen LogP contribution < -0.4 is 20.7 Å². The number of rotatable bonds is 8. The summed E-state index contributed by atoms with van der Waals surface area (Å²) in [5.74, 6) is 2.03. The molecule has 0 atom stereocenters. The number of ether oxygens (including phenoxy) is 1. The third-order valence-corrected chi connectivity index (χ3v) is 8.27. The van der Waals surface area contributed by atoms with E-state index in [-0.39, 0.29) is 24.5 Å². The molecule has 5 rings (SSSR count). The van der Waals surface area contributed by atoms with Crippen molar-refractivity contribution < 1.29 is 19.4 Å². The van der Waals surface area contributed by atoms with Gasteiger partial charge in [0.2, 0.25) is 11.8 Å². The molecule has 10 nitrogen and oxygen atoms in total. The fourth-order valence-electron chi connectivity index (χ4n) is 5.56. The van der Waals surface area contributed by atoms with E-state index in [2.05, 4.69) is 25.9 Å². The first-order valence-corrected chi connectivity index (χ1v) is 14.8. The monoisotopic (exact) mass is 582 g/mol. The maximum Gasteiger partial charge on any atom is 0.247 e. The van der Waals surface area contributed by atoms with Gasteiger partial charge in [-0.1, -0.05) is 24.4 Å². The van der Waals surface area contributed by atoms with Crippen molar-refractivity contribution in [2.45, 2.75) is 70.4 Å². The molecular formula is C30H39ClN6O4. The minimum absolute atomic E-state index is 0.00756. The van der Waals surface area contributed by atoms with Crippen molar-refractivity contribution in [3.05, 3.63) is 40.7 Å². The Labute approximate surface area is 245 Å². The van der Waals surface area contributed by atoms with Crippen molar-refractivity contribution in [2.75, 3.05) is 36.9 Å². The number of nitrogens with zero attached hydrogens (tertiary/aromatic N) is 3. The van der Waals surface area contributed by atoms with Gasteiger partial charge in [-0.15, -0.1) is 0 Å². The average Bonchev–Trinajstić information content (AvgIpc) is 3.41. The minimum Gasteiger partial charge on any atom is -0.489 e. The molecule has 3 heterocycles. The van der Waals surface area contributed by atoms with Crippen LogP contribution in [0.5, 0.6) is 5.75 Å². The lowest BCUT2D eigenvalue weighted by molar-refractivity contribution is -0.137. The van der Waals surface area contributed by atoms with Crippen molar-refractivity contribution >= 4 is 46.8 Å². The normalized spacial score (nSPS) is 18.1. The highest BCUT2D eigenvalue weighted by Gasteiger charge is 2.31. The van der Waals surface area contributed by atoms with Gasteiger partial charge < -0.3 is 30.7 Å². The molecular weight excluding hydrogens is 544 g/mol. The molecule has 1 aromatic carbocycles. The predicted octanol–water partition coefficient (Wildman–Crippen LogP) is 4.52. The zero-order chi connectivity index (χ0) is 29.0. The second kappa shape index (κ2) is 12.7. The SMILES string of the molecule is CC(C)(CO)NC(=O)C1=Cc2c(ncnc2Nc2ccc(OC3CCN(C(=O)C4CCCC4)CC3)c(Cl)c2)NCC1. The second-order valence-electron chi connectivity index (χ2n) is 11.7. The largest absolute Gasteiger partial charge is 0.489 e. The van der Waals surface area contributed by atoms with E-state index in [0.717, 1.165) is 51.6 Å². The number of amides is 2. The van der Waals surface area contributed by atoms with Gasteiger partial charge in [0.05, 0.1) is 22.7 Å². The summed E-state index contributed by atoms with van der Waals surface area (Å²) in [5, 5.41) is 19.5. The maximum absolute atomic E-state index is 12.9. The Kier molecular flexibility index (Phi) is 8.99. The van der Waals surface area contributed by atoms with Crippen molar-refractivity contribution in [1.82, 2.24) is 20.2 Å². The molecule has 1 saturated carbocycles. The van der Waals surface area contributed by atoms with E-state index in [0.29, 0.717) is 58.1 Å². The van der Waals surface area contributed by atoms with E-state index in [9.17, 15) is 14.7 Å². The number of hydrogen-bond donors (Lipinski definition) is 4. The van der Waals surface area contributed by atoms with E-state index in [1.165, 1.54) is 6.33 Å². The second-order valence-corrected chi connectivity index (χ2v) is 12.1. The van der Waals surface area contributed by atoms with E-state index in [1.807, 2.05) is 17.0 Å². The lowest BCUT2D eigenvalue weighted by Gasteiger charge is -2.33. The summed E-state index contributed by atoms with van der Waals surface area (Å²) in [6, 6.07) is 5.50. The molecule has 0 spiro atoms. The van der Waals surface area contributed by atoms with Gasteiger partial charge in [0, 0.05) is 49.7 Å². The lowest BCUT2D eigenvalue weighted by Crippen LogP contribution is -2.46. The highest BCUT2D eigenvalue weighted by Crippen LogP contribution is 2.34. The Hall–Kier alpha value is -3.37. The summed E-state index contributed by atoms with van der Waals surface area (Å²) in [6.07, 6.45) is 9.68. The molecule has 41 heavy (non-hydrogen) atoms. The molecule has 2 aromatic rings. The number of piperidine rings is 1. The Morgan fingerprint density at radius 3 is 2.63 bits per heavy atom. The number of aliphatic hydroxyl groups is 1. The molecule has 4 N–H and O–H groups in total. The summed E-state index contributed by atoms with van der Waals surface area (Å²) < 4.78 is 6.24. The molecule has 1 aliphatic carbocycles. The summed E-state index contributed by atoms with van der Waals surface area (Å²) in [4.78, 5) is 36.5. The molecule has 0 radical (unpaired) electrons.